The van der Waals surface area contributed by atoms with Gasteiger partial charge in [-0.1, -0.05) is 84.6 Å². The normalized spacial score (nSPS) is 11.1. The van der Waals surface area contributed by atoms with Crippen molar-refractivity contribution >= 4 is 34.0 Å². The third kappa shape index (κ3) is 3.00. The van der Waals surface area contributed by atoms with Crippen LogP contribution < -0.4 is 39.9 Å². The molecule has 5 heteroatoms. The Balaban J connectivity index is 0.00000196. The Bertz CT molecular complexity index is 1040. The molecule has 0 aliphatic carbocycles. The minimum Gasteiger partial charge on any atom is -0.870 e. The Kier molecular flexibility index (Phi) is 5.35. The molecule has 3 nitrogen and oxygen atoms in total. The average molecular weight is 351 g/mol. The van der Waals surface area contributed by atoms with Gasteiger partial charge in [-0.25, -0.2) is 0 Å². The Morgan fingerprint density at radius 3 is 1.88 bits per heavy atom. The van der Waals surface area contributed by atoms with Gasteiger partial charge in [0.15, 0.2) is 7.14 Å². The number of nitrogens with zero attached hydrogens (tertiary/aromatic N) is 1. The zero-order valence-corrected chi connectivity index (χ0v) is 15.3. The zero-order chi connectivity index (χ0) is 17.3. The fourth-order valence-corrected chi connectivity index (χ4v) is 5.77. The summed E-state index contributed by atoms with van der Waals surface area (Å²) in [6, 6.07) is 25.5. The van der Waals surface area contributed by atoms with E-state index in [0.717, 1.165) is 5.39 Å². The first-order chi connectivity index (χ1) is 12.2. The number of hydrogen-bond acceptors (Lipinski definition) is 3. The molecule has 0 aliphatic rings. The molecule has 0 aliphatic heterocycles. The van der Waals surface area contributed by atoms with Crippen molar-refractivity contribution in [1.82, 2.24) is 4.98 Å². The first-order valence-electron chi connectivity index (χ1n) is 7.98. The van der Waals surface area contributed by atoms with Crippen LogP contribution in [0, 0.1) is 0 Å². The molecule has 0 atom stereocenters. The minimum atomic E-state index is -3.27. The van der Waals surface area contributed by atoms with Crippen LogP contribution in [0.2, 0.25) is 0 Å². The van der Waals surface area contributed by atoms with E-state index in [1.54, 1.807) is 18.3 Å². The second kappa shape index (κ2) is 7.52. The minimum absolute atomic E-state index is 0. The fraction of sp³-hybridized carbons (Fsp3) is 0. The molecular weight excluding hydrogens is 336 g/mol. The maximum Gasteiger partial charge on any atom is 1.00 e. The van der Waals surface area contributed by atoms with Crippen molar-refractivity contribution in [3.8, 4) is 5.75 Å². The van der Waals surface area contributed by atoms with Crippen molar-refractivity contribution < 1.29 is 28.5 Å². The summed E-state index contributed by atoms with van der Waals surface area (Å²) >= 11 is 0. The molecule has 0 spiro atoms. The zero-order valence-electron chi connectivity index (χ0n) is 14.4. The van der Waals surface area contributed by atoms with Crippen LogP contribution in [0.25, 0.3) is 10.9 Å². The van der Waals surface area contributed by atoms with Crippen LogP contribution in [0.3, 0.4) is 0 Å². The summed E-state index contributed by atoms with van der Waals surface area (Å²) in [5, 5.41) is 15.4. The van der Waals surface area contributed by atoms with Crippen molar-refractivity contribution in [2.45, 2.75) is 0 Å². The summed E-state index contributed by atoms with van der Waals surface area (Å²) in [7, 11) is -3.27. The van der Waals surface area contributed by atoms with Crippen LogP contribution in [0.5, 0.6) is 5.75 Å². The van der Waals surface area contributed by atoms with Gasteiger partial charge in [0.1, 0.15) is 0 Å². The van der Waals surface area contributed by atoms with Crippen LogP contribution in [-0.4, -0.2) is 4.98 Å². The summed E-state index contributed by atoms with van der Waals surface area (Å²) in [5.74, 6) is -0.269. The van der Waals surface area contributed by atoms with Crippen LogP contribution in [0.15, 0.2) is 91.1 Å². The van der Waals surface area contributed by atoms with Crippen LogP contribution >= 0.6 is 7.14 Å². The van der Waals surface area contributed by atoms with Gasteiger partial charge in [0.25, 0.3) is 0 Å². The largest absolute Gasteiger partial charge is 1.00 e. The summed E-state index contributed by atoms with van der Waals surface area (Å²) in [6.07, 6.45) is 1.59. The van der Waals surface area contributed by atoms with E-state index in [0.29, 0.717) is 21.4 Å². The Labute approximate surface area is 164 Å². The third-order valence-corrected chi connectivity index (χ3v) is 7.37. The van der Waals surface area contributed by atoms with Crippen molar-refractivity contribution in [3.05, 3.63) is 91.1 Å². The first kappa shape index (κ1) is 18.5. The van der Waals surface area contributed by atoms with Gasteiger partial charge in [-0.15, -0.1) is 0 Å². The Morgan fingerprint density at radius 1 is 0.731 bits per heavy atom. The van der Waals surface area contributed by atoms with Crippen molar-refractivity contribution in [3.63, 3.8) is 0 Å². The molecular formula is C21H15LiNO2P. The van der Waals surface area contributed by atoms with E-state index in [2.05, 4.69) is 4.98 Å². The second-order valence-corrected chi connectivity index (χ2v) is 8.50. The maximum atomic E-state index is 14.3. The van der Waals surface area contributed by atoms with Crippen LogP contribution in [0.1, 0.15) is 0 Å². The summed E-state index contributed by atoms with van der Waals surface area (Å²) in [5.41, 5.74) is 0.354. The van der Waals surface area contributed by atoms with Gasteiger partial charge in [0.2, 0.25) is 0 Å². The fourth-order valence-electron chi connectivity index (χ4n) is 3.06. The van der Waals surface area contributed by atoms with Crippen molar-refractivity contribution in [2.75, 3.05) is 0 Å². The molecule has 0 saturated heterocycles. The molecule has 0 radical (unpaired) electrons. The van der Waals surface area contributed by atoms with E-state index in [4.69, 9.17) is 0 Å². The smallest absolute Gasteiger partial charge is 0.870 e. The van der Waals surface area contributed by atoms with E-state index < -0.39 is 7.14 Å². The number of hydrogen-bond donors (Lipinski definition) is 0. The molecule has 122 valence electrons. The number of aromatic nitrogens is 1. The standard InChI is InChI=1S/C21H16NO2P.Li/c23-21-19(14-13-16-8-7-15-22-20(16)21)25(24,17-9-3-1-4-10-17)18-11-5-2-6-12-18;/h1-15,23H;/q;+1/p-1. The van der Waals surface area contributed by atoms with E-state index in [9.17, 15) is 9.67 Å². The quantitative estimate of drug-likeness (QED) is 0.384. The monoisotopic (exact) mass is 351 g/mol. The molecule has 1 heterocycles. The number of benzene rings is 3. The van der Waals surface area contributed by atoms with Gasteiger partial charge in [-0.2, -0.15) is 0 Å². The molecule has 0 saturated carbocycles. The van der Waals surface area contributed by atoms with Gasteiger partial charge >= 0.3 is 18.9 Å². The molecule has 4 rings (SSSR count). The van der Waals surface area contributed by atoms with Gasteiger partial charge < -0.3 is 9.67 Å². The number of fused-ring (bicyclic) bond motifs is 1. The molecule has 26 heavy (non-hydrogen) atoms. The predicted molar refractivity (Wildman–Crippen MR) is 101 cm³/mol. The van der Waals surface area contributed by atoms with Crippen molar-refractivity contribution in [1.29, 1.82) is 0 Å². The Morgan fingerprint density at radius 2 is 1.31 bits per heavy atom. The SMILES string of the molecule is O=P(c1ccccc1)(c1ccccc1)c1ccc2cccnc2c1[O-].[Li+]. The van der Waals surface area contributed by atoms with E-state index in [1.807, 2.05) is 72.8 Å². The first-order valence-corrected chi connectivity index (χ1v) is 9.68. The molecule has 0 unspecified atom stereocenters. The average Bonchev–Trinajstić information content (AvgIpc) is 2.69. The van der Waals surface area contributed by atoms with Crippen LogP contribution in [-0.2, 0) is 4.57 Å². The third-order valence-electron chi connectivity index (χ3n) is 4.29. The van der Waals surface area contributed by atoms with Crippen molar-refractivity contribution in [2.24, 2.45) is 0 Å². The number of pyridine rings is 1. The molecule has 3 aromatic carbocycles. The maximum absolute atomic E-state index is 14.3. The number of rotatable bonds is 3. The van der Waals surface area contributed by atoms with Gasteiger partial charge in [-0.3, -0.25) is 4.98 Å². The summed E-state index contributed by atoms with van der Waals surface area (Å²) in [4.78, 5) is 4.21. The topological polar surface area (TPSA) is 53.0 Å². The Hall–Kier alpha value is -2.30. The summed E-state index contributed by atoms with van der Waals surface area (Å²) in [6.45, 7) is 0. The van der Waals surface area contributed by atoms with Gasteiger partial charge in [0, 0.05) is 22.1 Å². The molecule has 4 aromatic rings. The predicted octanol–water partition coefficient (Wildman–Crippen LogP) is -0.0482. The molecule has 0 fully saturated rings. The molecule has 1 aromatic heterocycles. The van der Waals surface area contributed by atoms with Gasteiger partial charge in [-0.05, 0) is 11.5 Å². The second-order valence-electron chi connectivity index (χ2n) is 5.77. The van der Waals surface area contributed by atoms with E-state index in [1.165, 1.54) is 0 Å². The molecule has 0 bridgehead atoms. The van der Waals surface area contributed by atoms with Crippen LogP contribution in [0.4, 0.5) is 0 Å². The van der Waals surface area contributed by atoms with Gasteiger partial charge in [0.05, 0.1) is 5.52 Å². The molecule has 0 N–H and O–H groups in total. The summed E-state index contributed by atoms with van der Waals surface area (Å²) < 4.78 is 14.3. The van der Waals surface area contributed by atoms with E-state index in [-0.39, 0.29) is 24.6 Å². The molecule has 0 amide bonds. The van der Waals surface area contributed by atoms with E-state index >= 15 is 0 Å².